The van der Waals surface area contributed by atoms with E-state index >= 15 is 0 Å². The van der Waals surface area contributed by atoms with E-state index in [2.05, 4.69) is 58.7 Å². The average molecular weight is 360 g/mol. The summed E-state index contributed by atoms with van der Waals surface area (Å²) < 4.78 is 7.63. The van der Waals surface area contributed by atoms with Crippen LogP contribution in [0, 0.1) is 13.8 Å². The summed E-state index contributed by atoms with van der Waals surface area (Å²) in [4.78, 5) is 9.03. The molecule has 3 aromatic rings. The molecule has 138 valence electrons. The molecule has 0 N–H and O–H groups in total. The van der Waals surface area contributed by atoms with Crippen LogP contribution in [0.2, 0.25) is 0 Å². The number of hydrogen-bond acceptors (Lipinski definition) is 4. The molecule has 0 bridgehead atoms. The van der Waals surface area contributed by atoms with Crippen molar-refractivity contribution in [1.29, 1.82) is 0 Å². The van der Waals surface area contributed by atoms with Gasteiger partial charge >= 0.3 is 0 Å². The van der Waals surface area contributed by atoms with E-state index in [0.717, 1.165) is 40.7 Å². The van der Waals surface area contributed by atoms with Crippen LogP contribution in [-0.2, 0) is 6.54 Å². The van der Waals surface area contributed by atoms with Crippen molar-refractivity contribution in [2.75, 3.05) is 0 Å². The predicted molar refractivity (Wildman–Crippen MR) is 108 cm³/mol. The smallest absolute Gasteiger partial charge is 0.177 e. The lowest BCUT2D eigenvalue weighted by atomic mass is 10.0. The predicted octanol–water partition coefficient (Wildman–Crippen LogP) is 5.31. The number of imidazole rings is 1. The van der Waals surface area contributed by atoms with Gasteiger partial charge in [0, 0.05) is 18.0 Å². The molecule has 0 unspecified atom stereocenters. The SMILES string of the molecule is C=Nc1nc(C2CC2)n(Cc2ccccc2)c1/C=C(\C)c1c(C)noc1C. The maximum atomic E-state index is 5.34. The van der Waals surface area contributed by atoms with Crippen molar-refractivity contribution >= 4 is 24.2 Å². The van der Waals surface area contributed by atoms with Crippen LogP contribution in [0.15, 0.2) is 39.8 Å². The standard InChI is InChI=1S/C22H24N4O/c1-14(20-15(2)25-27-16(20)3)12-19-21(23-4)24-22(18-10-11-18)26(19)13-17-8-6-5-7-9-17/h5-9,12,18H,4,10-11,13H2,1-3H3/b14-12+. The minimum Gasteiger partial charge on any atom is -0.361 e. The molecule has 1 fully saturated rings. The molecule has 2 aromatic heterocycles. The molecule has 0 amide bonds. The van der Waals surface area contributed by atoms with Crippen LogP contribution in [0.1, 0.15) is 59.8 Å². The summed E-state index contributed by atoms with van der Waals surface area (Å²) >= 11 is 0. The Labute approximate surface area is 159 Å². The molecule has 0 radical (unpaired) electrons. The van der Waals surface area contributed by atoms with Gasteiger partial charge in [-0.3, -0.25) is 0 Å². The lowest BCUT2D eigenvalue weighted by Crippen LogP contribution is -2.06. The normalized spacial score (nSPS) is 14.6. The lowest BCUT2D eigenvalue weighted by molar-refractivity contribution is 0.393. The summed E-state index contributed by atoms with van der Waals surface area (Å²) in [5.74, 6) is 3.15. The van der Waals surface area contributed by atoms with E-state index in [1.165, 1.54) is 18.4 Å². The molecule has 0 saturated heterocycles. The Morgan fingerprint density at radius 2 is 2.04 bits per heavy atom. The zero-order valence-corrected chi connectivity index (χ0v) is 16.1. The highest BCUT2D eigenvalue weighted by molar-refractivity contribution is 5.83. The maximum absolute atomic E-state index is 5.34. The maximum Gasteiger partial charge on any atom is 0.177 e. The number of aliphatic imine (C=N–C) groups is 1. The van der Waals surface area contributed by atoms with Crippen molar-refractivity contribution in [3.05, 3.63) is 64.4 Å². The van der Waals surface area contributed by atoms with Crippen LogP contribution in [-0.4, -0.2) is 21.4 Å². The van der Waals surface area contributed by atoms with Crippen LogP contribution in [0.25, 0.3) is 11.6 Å². The zero-order valence-electron chi connectivity index (χ0n) is 16.1. The van der Waals surface area contributed by atoms with Crippen LogP contribution in [0.3, 0.4) is 0 Å². The van der Waals surface area contributed by atoms with Gasteiger partial charge in [-0.1, -0.05) is 35.5 Å². The quantitative estimate of drug-likeness (QED) is 0.560. The minimum absolute atomic E-state index is 0.524. The molecule has 0 spiro atoms. The van der Waals surface area contributed by atoms with Crippen molar-refractivity contribution in [1.82, 2.24) is 14.7 Å². The summed E-state index contributed by atoms with van der Waals surface area (Å²) in [5.41, 5.74) is 5.27. The van der Waals surface area contributed by atoms with E-state index in [-0.39, 0.29) is 0 Å². The van der Waals surface area contributed by atoms with E-state index in [4.69, 9.17) is 9.51 Å². The molecular weight excluding hydrogens is 336 g/mol. The lowest BCUT2D eigenvalue weighted by Gasteiger charge is -2.11. The van der Waals surface area contributed by atoms with Gasteiger partial charge in [0.25, 0.3) is 0 Å². The Morgan fingerprint density at radius 1 is 1.30 bits per heavy atom. The molecule has 1 aliphatic carbocycles. The summed E-state index contributed by atoms with van der Waals surface area (Å²) in [6, 6.07) is 10.5. The average Bonchev–Trinajstić information content (AvgIpc) is 3.38. The second-order valence-corrected chi connectivity index (χ2v) is 7.21. The monoisotopic (exact) mass is 360 g/mol. The molecule has 27 heavy (non-hydrogen) atoms. The minimum atomic E-state index is 0.524. The first-order chi connectivity index (χ1) is 13.1. The number of nitrogens with zero attached hydrogens (tertiary/aromatic N) is 4. The van der Waals surface area contributed by atoms with Gasteiger partial charge in [0.1, 0.15) is 11.6 Å². The van der Waals surface area contributed by atoms with Crippen LogP contribution in [0.5, 0.6) is 0 Å². The molecule has 1 aromatic carbocycles. The molecule has 0 atom stereocenters. The second kappa shape index (κ2) is 6.99. The zero-order chi connectivity index (χ0) is 19.0. The van der Waals surface area contributed by atoms with Gasteiger partial charge in [-0.15, -0.1) is 0 Å². The molecule has 2 heterocycles. The number of aromatic nitrogens is 3. The van der Waals surface area contributed by atoms with Gasteiger partial charge < -0.3 is 9.09 Å². The van der Waals surface area contributed by atoms with Gasteiger partial charge in [0.05, 0.1) is 11.4 Å². The summed E-state index contributed by atoms with van der Waals surface area (Å²) in [6.07, 6.45) is 4.52. The third-order valence-corrected chi connectivity index (χ3v) is 5.07. The van der Waals surface area contributed by atoms with Crippen molar-refractivity contribution in [2.45, 2.75) is 46.1 Å². The van der Waals surface area contributed by atoms with E-state index in [1.54, 1.807) is 0 Å². The largest absolute Gasteiger partial charge is 0.361 e. The Kier molecular flexibility index (Phi) is 4.52. The number of aryl methyl sites for hydroxylation is 2. The first-order valence-electron chi connectivity index (χ1n) is 9.31. The van der Waals surface area contributed by atoms with Crippen LogP contribution < -0.4 is 0 Å². The number of rotatable bonds is 6. The van der Waals surface area contributed by atoms with E-state index < -0.39 is 0 Å². The Balaban J connectivity index is 1.83. The molecule has 5 heteroatoms. The van der Waals surface area contributed by atoms with E-state index in [0.29, 0.717) is 11.7 Å². The first kappa shape index (κ1) is 17.5. The Morgan fingerprint density at radius 3 is 2.63 bits per heavy atom. The van der Waals surface area contributed by atoms with Crippen LogP contribution in [0.4, 0.5) is 5.82 Å². The van der Waals surface area contributed by atoms with Crippen molar-refractivity contribution in [3.63, 3.8) is 0 Å². The van der Waals surface area contributed by atoms with Gasteiger partial charge in [-0.2, -0.15) is 0 Å². The van der Waals surface area contributed by atoms with Gasteiger partial charge in [0.15, 0.2) is 5.82 Å². The topological polar surface area (TPSA) is 56.2 Å². The summed E-state index contributed by atoms with van der Waals surface area (Å²) in [6.45, 7) is 10.5. The highest BCUT2D eigenvalue weighted by Gasteiger charge is 2.31. The second-order valence-electron chi connectivity index (χ2n) is 7.21. The van der Waals surface area contributed by atoms with Crippen molar-refractivity contribution < 1.29 is 4.52 Å². The number of hydrogen-bond donors (Lipinski definition) is 0. The third-order valence-electron chi connectivity index (χ3n) is 5.07. The van der Waals surface area contributed by atoms with E-state index in [1.807, 2.05) is 19.9 Å². The highest BCUT2D eigenvalue weighted by atomic mass is 16.5. The molecule has 4 rings (SSSR count). The summed E-state index contributed by atoms with van der Waals surface area (Å²) in [5, 5.41) is 4.08. The van der Waals surface area contributed by atoms with E-state index in [9.17, 15) is 0 Å². The van der Waals surface area contributed by atoms with Gasteiger partial charge in [-0.05, 0) is 57.5 Å². The number of benzene rings is 1. The Hall–Kier alpha value is -2.95. The third kappa shape index (κ3) is 3.37. The fraction of sp³-hybridized carbons (Fsp3) is 0.318. The molecule has 5 nitrogen and oxygen atoms in total. The first-order valence-corrected chi connectivity index (χ1v) is 9.31. The molecule has 1 aliphatic rings. The highest BCUT2D eigenvalue weighted by Crippen LogP contribution is 2.42. The summed E-state index contributed by atoms with van der Waals surface area (Å²) in [7, 11) is 0. The van der Waals surface area contributed by atoms with Crippen LogP contribution >= 0.6 is 0 Å². The van der Waals surface area contributed by atoms with Crippen molar-refractivity contribution in [3.8, 4) is 0 Å². The van der Waals surface area contributed by atoms with Crippen molar-refractivity contribution in [2.24, 2.45) is 4.99 Å². The fourth-order valence-corrected chi connectivity index (χ4v) is 3.64. The number of allylic oxidation sites excluding steroid dienone is 1. The fourth-order valence-electron chi connectivity index (χ4n) is 3.64. The van der Waals surface area contributed by atoms with Gasteiger partial charge in [0.2, 0.25) is 0 Å². The molecule has 0 aliphatic heterocycles. The molecular formula is C22H24N4O. The Bertz CT molecular complexity index is 987. The van der Waals surface area contributed by atoms with Gasteiger partial charge in [-0.25, -0.2) is 9.98 Å². The molecule has 1 saturated carbocycles.